The van der Waals surface area contributed by atoms with Crippen molar-refractivity contribution in [1.82, 2.24) is 0 Å². The van der Waals surface area contributed by atoms with Gasteiger partial charge in [0.15, 0.2) is 11.6 Å². The van der Waals surface area contributed by atoms with Gasteiger partial charge in [0.05, 0.1) is 0 Å². The molecule has 15 heavy (non-hydrogen) atoms. The van der Waals surface area contributed by atoms with Crippen molar-refractivity contribution in [3.63, 3.8) is 0 Å². The topological polar surface area (TPSA) is 9.23 Å². The van der Waals surface area contributed by atoms with Crippen LogP contribution in [0.2, 0.25) is 0 Å². The number of benzene rings is 1. The molecule has 0 N–H and O–H groups in total. The third-order valence-corrected chi connectivity index (χ3v) is 1.98. The summed E-state index contributed by atoms with van der Waals surface area (Å²) >= 11 is 0. The van der Waals surface area contributed by atoms with Crippen LogP contribution in [-0.4, -0.2) is 6.61 Å². The molecule has 0 aliphatic carbocycles. The molecule has 0 unspecified atom stereocenters. The van der Waals surface area contributed by atoms with Crippen molar-refractivity contribution in [2.75, 3.05) is 6.61 Å². The average molecular weight is 212 g/mol. The summed E-state index contributed by atoms with van der Waals surface area (Å²) in [6.45, 7) is 3.76. The molecule has 0 heterocycles. The first-order valence-corrected chi connectivity index (χ1v) is 4.89. The molecule has 0 spiro atoms. The summed E-state index contributed by atoms with van der Waals surface area (Å²) in [5.41, 5.74) is 0.281. The fourth-order valence-corrected chi connectivity index (χ4v) is 1.11. The standard InChI is InChI=1S/C12H14F2O/c1-3-4-5-8-15-10-7-6-9(2)11(13)12(10)14/h4-7H,3,8H2,1-2H3/b5-4-. The second-order valence-electron chi connectivity index (χ2n) is 3.20. The van der Waals surface area contributed by atoms with E-state index < -0.39 is 11.6 Å². The Labute approximate surface area is 88.4 Å². The third kappa shape index (κ3) is 3.05. The Morgan fingerprint density at radius 3 is 2.60 bits per heavy atom. The lowest BCUT2D eigenvalue weighted by Gasteiger charge is -2.06. The number of rotatable bonds is 4. The van der Waals surface area contributed by atoms with Gasteiger partial charge in [0.1, 0.15) is 6.61 Å². The van der Waals surface area contributed by atoms with E-state index in [9.17, 15) is 8.78 Å². The van der Waals surface area contributed by atoms with Crippen LogP contribution in [0.4, 0.5) is 8.78 Å². The van der Waals surface area contributed by atoms with Gasteiger partial charge in [-0.15, -0.1) is 0 Å². The van der Waals surface area contributed by atoms with Crippen molar-refractivity contribution in [3.8, 4) is 5.75 Å². The van der Waals surface area contributed by atoms with Crippen LogP contribution in [-0.2, 0) is 0 Å². The Morgan fingerprint density at radius 2 is 1.93 bits per heavy atom. The Morgan fingerprint density at radius 1 is 1.20 bits per heavy atom. The SMILES string of the molecule is CC/C=C\COc1ccc(C)c(F)c1F. The highest BCUT2D eigenvalue weighted by Crippen LogP contribution is 2.21. The summed E-state index contributed by atoms with van der Waals surface area (Å²) in [5, 5.41) is 0. The van der Waals surface area contributed by atoms with Gasteiger partial charge in [-0.25, -0.2) is 4.39 Å². The average Bonchev–Trinajstić information content (AvgIpc) is 2.24. The molecule has 0 bridgehead atoms. The number of allylic oxidation sites excluding steroid dienone is 1. The molecule has 0 fully saturated rings. The zero-order valence-electron chi connectivity index (χ0n) is 8.89. The van der Waals surface area contributed by atoms with Gasteiger partial charge in [0, 0.05) is 0 Å². The van der Waals surface area contributed by atoms with Gasteiger partial charge in [-0.1, -0.05) is 25.1 Å². The molecule has 1 nitrogen and oxygen atoms in total. The molecule has 0 aliphatic rings. The minimum absolute atomic E-state index is 0.0427. The van der Waals surface area contributed by atoms with Crippen LogP contribution in [0, 0.1) is 18.6 Å². The monoisotopic (exact) mass is 212 g/mol. The van der Waals surface area contributed by atoms with Gasteiger partial charge < -0.3 is 4.74 Å². The highest BCUT2D eigenvalue weighted by molar-refractivity contribution is 5.30. The lowest BCUT2D eigenvalue weighted by atomic mass is 10.2. The number of hydrogen-bond acceptors (Lipinski definition) is 1. The van der Waals surface area contributed by atoms with Crippen LogP contribution >= 0.6 is 0 Å². The fraction of sp³-hybridized carbons (Fsp3) is 0.333. The molecule has 82 valence electrons. The van der Waals surface area contributed by atoms with Crippen LogP contribution < -0.4 is 4.74 Å². The molecule has 0 radical (unpaired) electrons. The van der Waals surface area contributed by atoms with Crippen molar-refractivity contribution < 1.29 is 13.5 Å². The zero-order valence-corrected chi connectivity index (χ0v) is 8.89. The maximum Gasteiger partial charge on any atom is 0.200 e. The highest BCUT2D eigenvalue weighted by atomic mass is 19.2. The summed E-state index contributed by atoms with van der Waals surface area (Å²) in [4.78, 5) is 0. The van der Waals surface area contributed by atoms with E-state index in [1.54, 1.807) is 6.08 Å². The Bertz CT molecular complexity index is 359. The first-order chi connectivity index (χ1) is 7.16. The first kappa shape index (κ1) is 11.7. The van der Waals surface area contributed by atoms with E-state index in [4.69, 9.17) is 4.74 Å². The van der Waals surface area contributed by atoms with Crippen molar-refractivity contribution in [3.05, 3.63) is 41.5 Å². The van der Waals surface area contributed by atoms with E-state index in [1.807, 2.05) is 13.0 Å². The first-order valence-electron chi connectivity index (χ1n) is 4.89. The molecule has 1 rings (SSSR count). The number of aryl methyl sites for hydroxylation is 1. The van der Waals surface area contributed by atoms with Gasteiger partial charge in [-0.2, -0.15) is 4.39 Å². The second-order valence-corrected chi connectivity index (χ2v) is 3.20. The second kappa shape index (κ2) is 5.49. The summed E-state index contributed by atoms with van der Waals surface area (Å²) in [6, 6.07) is 2.94. The molecular weight excluding hydrogens is 198 g/mol. The van der Waals surface area contributed by atoms with Crippen molar-refractivity contribution >= 4 is 0 Å². The summed E-state index contributed by atoms with van der Waals surface area (Å²) in [6.07, 6.45) is 4.58. The van der Waals surface area contributed by atoms with Crippen LogP contribution in [0.1, 0.15) is 18.9 Å². The predicted octanol–water partition coefficient (Wildman–Crippen LogP) is 3.62. The molecule has 3 heteroatoms. The molecule has 1 aromatic rings. The lowest BCUT2D eigenvalue weighted by molar-refractivity contribution is 0.331. The molecule has 0 saturated heterocycles. The van der Waals surface area contributed by atoms with Gasteiger partial charge in [-0.05, 0) is 25.0 Å². The molecule has 0 amide bonds. The Balaban J connectivity index is 2.70. The van der Waals surface area contributed by atoms with Crippen molar-refractivity contribution in [2.45, 2.75) is 20.3 Å². The van der Waals surface area contributed by atoms with E-state index in [0.717, 1.165) is 6.42 Å². The van der Waals surface area contributed by atoms with E-state index in [-0.39, 0.29) is 17.9 Å². The van der Waals surface area contributed by atoms with Gasteiger partial charge in [0.25, 0.3) is 0 Å². The summed E-state index contributed by atoms with van der Waals surface area (Å²) in [5.74, 6) is -1.80. The minimum Gasteiger partial charge on any atom is -0.486 e. The number of halogens is 2. The zero-order chi connectivity index (χ0) is 11.3. The Kier molecular flexibility index (Phi) is 4.28. The van der Waals surface area contributed by atoms with Gasteiger partial charge >= 0.3 is 0 Å². The largest absolute Gasteiger partial charge is 0.486 e. The van der Waals surface area contributed by atoms with E-state index in [0.29, 0.717) is 0 Å². The molecule has 0 atom stereocenters. The van der Waals surface area contributed by atoms with Crippen molar-refractivity contribution in [2.24, 2.45) is 0 Å². The number of ether oxygens (including phenoxy) is 1. The normalized spacial score (nSPS) is 10.9. The molecule has 0 aliphatic heterocycles. The van der Waals surface area contributed by atoms with Crippen molar-refractivity contribution in [1.29, 1.82) is 0 Å². The molecule has 0 aromatic heterocycles. The third-order valence-electron chi connectivity index (χ3n) is 1.98. The Hall–Kier alpha value is -1.38. The quantitative estimate of drug-likeness (QED) is 0.692. The minimum atomic E-state index is -0.917. The maximum atomic E-state index is 13.2. The molecule has 0 saturated carbocycles. The maximum absolute atomic E-state index is 13.2. The van der Waals surface area contributed by atoms with Crippen LogP contribution in [0.25, 0.3) is 0 Å². The van der Waals surface area contributed by atoms with E-state index >= 15 is 0 Å². The number of hydrogen-bond donors (Lipinski definition) is 0. The van der Waals surface area contributed by atoms with Gasteiger partial charge in [0.2, 0.25) is 5.82 Å². The highest BCUT2D eigenvalue weighted by Gasteiger charge is 2.11. The predicted molar refractivity (Wildman–Crippen MR) is 56.0 cm³/mol. The fourth-order valence-electron chi connectivity index (χ4n) is 1.11. The molecule has 1 aromatic carbocycles. The lowest BCUT2D eigenvalue weighted by Crippen LogP contribution is -1.99. The van der Waals surface area contributed by atoms with Crippen LogP contribution in [0.5, 0.6) is 5.75 Å². The molecular formula is C12H14F2O. The van der Waals surface area contributed by atoms with Crippen LogP contribution in [0.3, 0.4) is 0 Å². The summed E-state index contributed by atoms with van der Waals surface area (Å²) in [7, 11) is 0. The van der Waals surface area contributed by atoms with Crippen LogP contribution in [0.15, 0.2) is 24.3 Å². The van der Waals surface area contributed by atoms with E-state index in [2.05, 4.69) is 0 Å². The smallest absolute Gasteiger partial charge is 0.200 e. The van der Waals surface area contributed by atoms with E-state index in [1.165, 1.54) is 19.1 Å². The van der Waals surface area contributed by atoms with Gasteiger partial charge in [-0.3, -0.25) is 0 Å². The summed E-state index contributed by atoms with van der Waals surface area (Å²) < 4.78 is 31.4.